The molecule has 1 aliphatic heterocycles. The number of unbranched alkanes of at least 4 members (excludes halogenated alkanes) is 1. The smallest absolute Gasteiger partial charge is 0.308 e. The van der Waals surface area contributed by atoms with Crippen LogP contribution in [0.4, 0.5) is 0 Å². The molecular formula is C31H37O4P. The summed E-state index contributed by atoms with van der Waals surface area (Å²) < 4.78 is 18.1. The molecule has 0 amide bonds. The largest absolute Gasteiger partial charge is 0.466 e. The van der Waals surface area contributed by atoms with Gasteiger partial charge in [-0.1, -0.05) is 104 Å². The Morgan fingerprint density at radius 3 is 1.86 bits per heavy atom. The summed E-state index contributed by atoms with van der Waals surface area (Å²) in [7, 11) is 0. The molecule has 0 aromatic heterocycles. The number of esters is 1. The van der Waals surface area contributed by atoms with Crippen LogP contribution in [0.1, 0.15) is 46.5 Å². The van der Waals surface area contributed by atoms with Gasteiger partial charge in [0.15, 0.2) is 5.79 Å². The lowest BCUT2D eigenvalue weighted by Gasteiger charge is -2.41. The van der Waals surface area contributed by atoms with E-state index in [0.29, 0.717) is 13.0 Å². The molecule has 4 rings (SSSR count). The molecule has 4 nitrogen and oxygen atoms in total. The van der Waals surface area contributed by atoms with Crippen LogP contribution in [0.25, 0.3) is 0 Å². The topological polar surface area (TPSA) is 44.8 Å². The molecule has 0 bridgehead atoms. The van der Waals surface area contributed by atoms with Gasteiger partial charge in [-0.3, -0.25) is 4.79 Å². The van der Waals surface area contributed by atoms with Crippen molar-refractivity contribution in [2.45, 2.75) is 64.4 Å². The first kappa shape index (κ1) is 26.4. The standard InChI is InChI=1S/C31H37O4P/c1-4-5-21-33-30(32)23-25-22-26(35-31(2,3)34-25)24-36(27-15-9-6-10-16-27,28-17-11-7-12-18-28)29-19-13-8-14-20-29/h6-20,24-26H,4-5,21-23H2,1-3H3/t25-,26+/m1/s1. The van der Waals surface area contributed by atoms with Crippen LogP contribution in [0.15, 0.2) is 91.0 Å². The highest BCUT2D eigenvalue weighted by molar-refractivity contribution is 7.94. The third kappa shape index (κ3) is 6.37. The fraction of sp³-hybridized carbons (Fsp3) is 0.355. The zero-order chi connectivity index (χ0) is 25.4. The maximum atomic E-state index is 12.5. The van der Waals surface area contributed by atoms with E-state index in [0.717, 1.165) is 12.8 Å². The van der Waals surface area contributed by atoms with Gasteiger partial charge in [-0.2, -0.15) is 0 Å². The molecule has 0 spiro atoms. The number of carbonyl (C=O) groups excluding carboxylic acids is 1. The SMILES string of the molecule is CCCCOC(=O)C[C@H]1C[C@@H](C=P(c2ccccc2)(c2ccccc2)c2ccccc2)OC(C)(C)O1. The molecule has 0 unspecified atom stereocenters. The molecular weight excluding hydrogens is 467 g/mol. The second kappa shape index (κ2) is 12.1. The van der Waals surface area contributed by atoms with Crippen molar-refractivity contribution in [2.24, 2.45) is 0 Å². The van der Waals surface area contributed by atoms with Crippen LogP contribution in [0, 0.1) is 0 Å². The molecule has 36 heavy (non-hydrogen) atoms. The summed E-state index contributed by atoms with van der Waals surface area (Å²) >= 11 is 0. The summed E-state index contributed by atoms with van der Waals surface area (Å²) in [5, 5.41) is 3.81. The van der Waals surface area contributed by atoms with Crippen molar-refractivity contribution in [1.29, 1.82) is 0 Å². The van der Waals surface area contributed by atoms with Gasteiger partial charge in [0.2, 0.25) is 0 Å². The predicted molar refractivity (Wildman–Crippen MR) is 150 cm³/mol. The Balaban J connectivity index is 1.79. The van der Waals surface area contributed by atoms with Gasteiger partial charge in [0.1, 0.15) is 0 Å². The fourth-order valence-electron chi connectivity index (χ4n) is 4.88. The second-order valence-electron chi connectivity index (χ2n) is 9.69. The Morgan fingerprint density at radius 2 is 1.39 bits per heavy atom. The fourth-order valence-corrected chi connectivity index (χ4v) is 8.90. The minimum atomic E-state index is -2.18. The van der Waals surface area contributed by atoms with E-state index in [9.17, 15) is 4.79 Å². The van der Waals surface area contributed by atoms with Crippen LogP contribution < -0.4 is 15.9 Å². The van der Waals surface area contributed by atoms with Crippen molar-refractivity contribution in [2.75, 3.05) is 6.61 Å². The van der Waals surface area contributed by atoms with Gasteiger partial charge >= 0.3 is 5.97 Å². The summed E-state index contributed by atoms with van der Waals surface area (Å²) in [6, 6.07) is 32.1. The van der Waals surface area contributed by atoms with Crippen LogP contribution in [0.3, 0.4) is 0 Å². The van der Waals surface area contributed by atoms with Crippen LogP contribution in [-0.4, -0.2) is 36.4 Å². The van der Waals surface area contributed by atoms with Crippen molar-refractivity contribution in [1.82, 2.24) is 0 Å². The van der Waals surface area contributed by atoms with E-state index in [1.807, 2.05) is 13.8 Å². The van der Waals surface area contributed by atoms with Gasteiger partial charge in [-0.25, -0.2) is 0 Å². The van der Waals surface area contributed by atoms with E-state index in [1.165, 1.54) is 15.9 Å². The lowest BCUT2D eigenvalue weighted by atomic mass is 10.1. The first-order valence-corrected chi connectivity index (χ1v) is 14.7. The Morgan fingerprint density at radius 1 is 0.889 bits per heavy atom. The first-order chi connectivity index (χ1) is 17.4. The molecule has 3 aromatic carbocycles. The van der Waals surface area contributed by atoms with E-state index in [4.69, 9.17) is 14.2 Å². The second-order valence-corrected chi connectivity index (χ2v) is 13.0. The molecule has 2 atom stereocenters. The molecule has 3 aromatic rings. The average molecular weight is 505 g/mol. The minimum Gasteiger partial charge on any atom is -0.466 e. The molecule has 1 aliphatic rings. The number of hydrogen-bond donors (Lipinski definition) is 0. The number of ether oxygens (including phenoxy) is 3. The van der Waals surface area contributed by atoms with E-state index in [1.54, 1.807) is 0 Å². The van der Waals surface area contributed by atoms with Crippen molar-refractivity contribution >= 4 is 34.6 Å². The third-order valence-electron chi connectivity index (χ3n) is 6.42. The zero-order valence-corrected chi connectivity index (χ0v) is 22.4. The van der Waals surface area contributed by atoms with Gasteiger partial charge in [-0.05, 0) is 48.9 Å². The summed E-state index contributed by atoms with van der Waals surface area (Å²) in [4.78, 5) is 12.5. The van der Waals surface area contributed by atoms with E-state index in [-0.39, 0.29) is 24.6 Å². The molecule has 1 heterocycles. The predicted octanol–water partition coefficient (Wildman–Crippen LogP) is 5.43. The third-order valence-corrected chi connectivity index (χ3v) is 10.5. The molecule has 1 fully saturated rings. The van der Waals surface area contributed by atoms with Gasteiger partial charge < -0.3 is 14.2 Å². The highest BCUT2D eigenvalue weighted by Gasteiger charge is 2.38. The Hall–Kier alpha value is -2.65. The van der Waals surface area contributed by atoms with Crippen LogP contribution in [-0.2, 0) is 19.0 Å². The highest BCUT2D eigenvalue weighted by atomic mass is 31.2. The number of benzene rings is 3. The Kier molecular flexibility index (Phi) is 8.85. The highest BCUT2D eigenvalue weighted by Crippen LogP contribution is 2.45. The monoisotopic (exact) mass is 504 g/mol. The van der Waals surface area contributed by atoms with Crippen LogP contribution >= 0.6 is 6.89 Å². The normalized spacial score (nSPS) is 19.4. The molecule has 0 aliphatic carbocycles. The van der Waals surface area contributed by atoms with Crippen molar-refractivity contribution in [3.8, 4) is 0 Å². The summed E-state index contributed by atoms with van der Waals surface area (Å²) in [5.74, 6) is 1.39. The lowest BCUT2D eigenvalue weighted by molar-refractivity contribution is -0.285. The first-order valence-electron chi connectivity index (χ1n) is 12.9. The zero-order valence-electron chi connectivity index (χ0n) is 21.5. The van der Waals surface area contributed by atoms with E-state index in [2.05, 4.69) is 104 Å². The quantitative estimate of drug-likeness (QED) is 0.222. The van der Waals surface area contributed by atoms with Gasteiger partial charge in [-0.15, -0.1) is 0 Å². The van der Waals surface area contributed by atoms with Crippen LogP contribution in [0.2, 0.25) is 0 Å². The maximum absolute atomic E-state index is 12.5. The maximum Gasteiger partial charge on any atom is 0.308 e. The van der Waals surface area contributed by atoms with Crippen molar-refractivity contribution in [3.63, 3.8) is 0 Å². The molecule has 0 N–H and O–H groups in total. The van der Waals surface area contributed by atoms with Crippen molar-refractivity contribution in [3.05, 3.63) is 91.0 Å². The summed E-state index contributed by atoms with van der Waals surface area (Å²) in [6.07, 6.45) is 2.23. The van der Waals surface area contributed by atoms with Crippen LogP contribution in [0.5, 0.6) is 0 Å². The molecule has 0 radical (unpaired) electrons. The number of hydrogen-bond acceptors (Lipinski definition) is 4. The van der Waals surface area contributed by atoms with Crippen molar-refractivity contribution < 1.29 is 19.0 Å². The van der Waals surface area contributed by atoms with Gasteiger partial charge in [0.05, 0.1) is 25.2 Å². The minimum absolute atomic E-state index is 0.198. The average Bonchev–Trinajstić information content (AvgIpc) is 2.88. The van der Waals surface area contributed by atoms with E-state index < -0.39 is 12.7 Å². The number of rotatable bonds is 9. The summed E-state index contributed by atoms with van der Waals surface area (Å²) in [6.45, 7) is 4.21. The van der Waals surface area contributed by atoms with E-state index >= 15 is 0 Å². The molecule has 5 heteroatoms. The number of carbonyl (C=O) groups is 1. The molecule has 190 valence electrons. The Bertz CT molecular complexity index is 1060. The van der Waals surface area contributed by atoms with Gasteiger partial charge in [0.25, 0.3) is 0 Å². The molecule has 0 saturated carbocycles. The van der Waals surface area contributed by atoms with Gasteiger partial charge in [0, 0.05) is 6.42 Å². The molecule has 1 saturated heterocycles. The summed E-state index contributed by atoms with van der Waals surface area (Å²) in [5.41, 5.74) is 0. The Labute approximate surface area is 215 Å². The lowest BCUT2D eigenvalue weighted by Crippen LogP contribution is -2.46.